The second kappa shape index (κ2) is 16.5. The predicted molar refractivity (Wildman–Crippen MR) is 76.7 cm³/mol. The van der Waals surface area contributed by atoms with Gasteiger partial charge in [0.2, 0.25) is 5.85 Å². The Morgan fingerprint density at radius 2 is 1.08 bits per heavy atom. The molecule has 0 spiro atoms. The maximum Gasteiger partial charge on any atom is 1.00 e. The van der Waals surface area contributed by atoms with Crippen molar-refractivity contribution >= 4 is 15.9 Å². The maximum absolute atomic E-state index is 10.7. The summed E-state index contributed by atoms with van der Waals surface area (Å²) in [5.74, 6) is -1.62. The molecule has 0 aliphatic rings. The fourth-order valence-corrected chi connectivity index (χ4v) is 3.19. The van der Waals surface area contributed by atoms with E-state index in [0.29, 0.717) is 51.4 Å². The average molecular weight is 406 g/mol. The number of rotatable bonds is 13. The van der Waals surface area contributed by atoms with Crippen LogP contribution in [-0.2, 0) is 0 Å². The standard InChI is InChI=1S/C12H28O8P2.2Na/c13-11(8-4-2-6-10-21(15,16)17)7-3-1-5-9-12(14)22(18,19)20;;/h11-14H,1-10H2,(H2,15,16,17)(H2,18,19,20);;/q;2*+1/p-2. The molecule has 24 heavy (non-hydrogen) atoms. The van der Waals surface area contributed by atoms with Crippen molar-refractivity contribution < 1.29 is 98.7 Å². The Labute approximate surface area is 189 Å². The van der Waals surface area contributed by atoms with E-state index < -0.39 is 27.8 Å². The monoisotopic (exact) mass is 406 g/mol. The van der Waals surface area contributed by atoms with E-state index >= 15 is 0 Å². The zero-order valence-electron chi connectivity index (χ0n) is 14.5. The molecule has 0 aromatic rings. The van der Waals surface area contributed by atoms with E-state index in [2.05, 4.69) is 0 Å². The molecule has 0 saturated carbocycles. The molecule has 0 aliphatic carbocycles. The van der Waals surface area contributed by atoms with Crippen LogP contribution in [0.4, 0.5) is 0 Å². The molecule has 0 amide bonds. The zero-order chi connectivity index (χ0) is 17.2. The van der Waals surface area contributed by atoms with Gasteiger partial charge in [0.05, 0.1) is 6.10 Å². The maximum atomic E-state index is 10.7. The first-order valence-corrected chi connectivity index (χ1v) is 10.9. The van der Waals surface area contributed by atoms with Crippen LogP contribution in [0.1, 0.15) is 57.8 Å². The van der Waals surface area contributed by atoms with Gasteiger partial charge in [-0.1, -0.05) is 19.3 Å². The minimum absolute atomic E-state index is 0. The molecular formula is C12H26Na2O8P2. The van der Waals surface area contributed by atoms with Gasteiger partial charge in [0.1, 0.15) is 0 Å². The van der Waals surface area contributed by atoms with Gasteiger partial charge in [-0.15, -0.1) is 0 Å². The molecule has 0 aliphatic heterocycles. The fourth-order valence-electron chi connectivity index (χ4n) is 2.06. The number of hydrogen-bond acceptors (Lipinski definition) is 8. The van der Waals surface area contributed by atoms with Crippen LogP contribution in [0.15, 0.2) is 0 Å². The molecule has 0 rings (SSSR count). The molecule has 2 atom stereocenters. The van der Waals surface area contributed by atoms with Crippen molar-refractivity contribution in [1.82, 2.24) is 0 Å². The van der Waals surface area contributed by atoms with Crippen LogP contribution in [0, 0.1) is 0 Å². The van der Waals surface area contributed by atoms with Crippen molar-refractivity contribution in [3.05, 3.63) is 0 Å². The second-order valence-electron chi connectivity index (χ2n) is 5.55. The number of aliphatic hydroxyl groups is 2. The van der Waals surface area contributed by atoms with Crippen molar-refractivity contribution in [3.8, 4) is 0 Å². The molecule has 0 fully saturated rings. The third kappa shape index (κ3) is 20.8. The molecule has 2 unspecified atom stereocenters. The number of hydrogen-bond donors (Lipinski definition) is 4. The Balaban J connectivity index is -0.00000220. The van der Waals surface area contributed by atoms with Crippen LogP contribution in [0.3, 0.4) is 0 Å². The van der Waals surface area contributed by atoms with Crippen molar-refractivity contribution in [1.29, 1.82) is 0 Å². The number of aliphatic hydroxyl groups excluding tert-OH is 2. The summed E-state index contributed by atoms with van der Waals surface area (Å²) in [7, 11) is -8.83. The van der Waals surface area contributed by atoms with Crippen LogP contribution in [0.25, 0.3) is 0 Å². The number of unbranched alkanes of at least 4 members (excludes halogenated alkanes) is 4. The van der Waals surface area contributed by atoms with Crippen LogP contribution in [0.5, 0.6) is 0 Å². The molecule has 134 valence electrons. The summed E-state index contributed by atoms with van der Waals surface area (Å²) >= 11 is 0. The molecule has 0 heterocycles. The van der Waals surface area contributed by atoms with Gasteiger partial charge in [0, 0.05) is 12.6 Å². The molecule has 4 N–H and O–H groups in total. The SMILES string of the molecule is [Na+].[Na+].[O-][P+]([O-])([O-])CCCCCC(O)CCCCCC(O)[P+]([O-])(O)O. The van der Waals surface area contributed by atoms with E-state index in [9.17, 15) is 24.7 Å². The van der Waals surface area contributed by atoms with Gasteiger partial charge < -0.3 is 29.8 Å². The van der Waals surface area contributed by atoms with Crippen molar-refractivity contribution in [2.24, 2.45) is 0 Å². The zero-order valence-corrected chi connectivity index (χ0v) is 20.3. The Kier molecular flexibility index (Phi) is 21.5. The third-order valence-corrected chi connectivity index (χ3v) is 5.26. The molecule has 8 nitrogen and oxygen atoms in total. The summed E-state index contributed by atoms with van der Waals surface area (Å²) in [5, 5.41) is 18.8. The van der Waals surface area contributed by atoms with Gasteiger partial charge in [-0.25, -0.2) is 9.79 Å². The van der Waals surface area contributed by atoms with Gasteiger partial charge in [-0.3, -0.25) is 0 Å². The summed E-state index contributed by atoms with van der Waals surface area (Å²) in [6.45, 7) is 0. The van der Waals surface area contributed by atoms with E-state index in [-0.39, 0.29) is 71.7 Å². The van der Waals surface area contributed by atoms with Crippen LogP contribution >= 0.6 is 15.9 Å². The van der Waals surface area contributed by atoms with Crippen molar-refractivity contribution in [2.75, 3.05) is 6.16 Å². The van der Waals surface area contributed by atoms with Gasteiger partial charge in [-0.2, -0.15) is 7.94 Å². The van der Waals surface area contributed by atoms with Crippen molar-refractivity contribution in [2.45, 2.75) is 69.7 Å². The minimum Gasteiger partial charge on any atom is -0.688 e. The van der Waals surface area contributed by atoms with Crippen molar-refractivity contribution in [3.63, 3.8) is 0 Å². The molecular weight excluding hydrogens is 380 g/mol. The second-order valence-corrected chi connectivity index (χ2v) is 8.99. The molecule has 12 heteroatoms. The summed E-state index contributed by atoms with van der Waals surface area (Å²) < 4.78 is 0. The molecule has 0 aromatic heterocycles. The van der Waals surface area contributed by atoms with E-state index in [1.54, 1.807) is 0 Å². The Morgan fingerprint density at radius 1 is 0.667 bits per heavy atom. The smallest absolute Gasteiger partial charge is 0.688 e. The fraction of sp³-hybridized carbons (Fsp3) is 1.00. The summed E-state index contributed by atoms with van der Waals surface area (Å²) in [6.07, 6.45) is 3.64. The normalized spacial score (nSPS) is 14.5. The summed E-state index contributed by atoms with van der Waals surface area (Å²) in [4.78, 5) is 59.2. The van der Waals surface area contributed by atoms with Gasteiger partial charge in [0.25, 0.3) is 7.94 Å². The first-order valence-electron chi connectivity index (χ1n) is 7.45. The molecule has 0 radical (unpaired) electrons. The Morgan fingerprint density at radius 3 is 1.50 bits per heavy atom. The summed E-state index contributed by atoms with van der Waals surface area (Å²) in [5.41, 5.74) is 0. The Bertz CT molecular complexity index is 289. The van der Waals surface area contributed by atoms with E-state index in [1.807, 2.05) is 0 Å². The molecule has 0 bridgehead atoms. The first kappa shape index (κ1) is 31.2. The minimum atomic E-state index is -4.42. The molecule has 0 aromatic carbocycles. The van der Waals surface area contributed by atoms with E-state index in [4.69, 9.17) is 14.9 Å². The first-order chi connectivity index (χ1) is 10.0. The van der Waals surface area contributed by atoms with Gasteiger partial charge in [0.15, 0.2) is 0 Å². The average Bonchev–Trinajstić information content (AvgIpc) is 2.35. The quantitative estimate of drug-likeness (QED) is 0.133. The third-order valence-electron chi connectivity index (χ3n) is 3.36. The topological polar surface area (TPSA) is 173 Å². The predicted octanol–water partition coefficient (Wildman–Crippen LogP) is -7.86. The molecule has 0 saturated heterocycles. The van der Waals surface area contributed by atoms with Crippen LogP contribution < -0.4 is 78.7 Å². The summed E-state index contributed by atoms with van der Waals surface area (Å²) in [6, 6.07) is 0. The van der Waals surface area contributed by atoms with Crippen LogP contribution in [-0.4, -0.2) is 38.1 Å². The van der Waals surface area contributed by atoms with E-state index in [0.717, 1.165) is 0 Å². The van der Waals surface area contributed by atoms with Crippen LogP contribution in [0.2, 0.25) is 0 Å². The van der Waals surface area contributed by atoms with Gasteiger partial charge in [-0.05, 0) is 32.1 Å². The van der Waals surface area contributed by atoms with Gasteiger partial charge >= 0.3 is 59.1 Å². The van der Waals surface area contributed by atoms with E-state index in [1.165, 1.54) is 0 Å². The Hall–Kier alpha value is 2.54. The largest absolute Gasteiger partial charge is 1.00 e.